The molecule has 0 aliphatic rings. The number of rotatable bonds is 6. The monoisotopic (exact) mass is 376 g/mol. The summed E-state index contributed by atoms with van der Waals surface area (Å²) in [6.45, 7) is 3.89. The van der Waals surface area contributed by atoms with Gasteiger partial charge in [-0.05, 0) is 37.1 Å². The molecule has 9 heteroatoms. The van der Waals surface area contributed by atoms with Crippen LogP contribution in [0, 0.1) is 6.92 Å². The summed E-state index contributed by atoms with van der Waals surface area (Å²) in [6.07, 6.45) is 2.43. The lowest BCUT2D eigenvalue weighted by molar-refractivity contribution is -0.115. The fourth-order valence-corrected chi connectivity index (χ4v) is 3.93. The number of aryl methyl sites for hydroxylation is 2. The molecule has 3 rings (SSSR count). The van der Waals surface area contributed by atoms with Gasteiger partial charge in [-0.1, -0.05) is 18.3 Å². The zero-order valence-corrected chi connectivity index (χ0v) is 15.3. The zero-order chi connectivity index (χ0) is 17.8. The van der Waals surface area contributed by atoms with E-state index in [0.717, 1.165) is 12.0 Å². The molecule has 25 heavy (non-hydrogen) atoms. The number of carbonyl (C=O) groups is 2. The van der Waals surface area contributed by atoms with Crippen LogP contribution in [0.5, 0.6) is 0 Å². The van der Waals surface area contributed by atoms with Crippen molar-refractivity contribution in [3.8, 4) is 10.8 Å². The molecule has 0 fully saturated rings. The van der Waals surface area contributed by atoms with Gasteiger partial charge in [0.05, 0.1) is 17.7 Å². The molecule has 0 atom stereocenters. The lowest BCUT2D eigenvalue weighted by Crippen LogP contribution is -2.32. The lowest BCUT2D eigenvalue weighted by Gasteiger charge is -2.03. The van der Waals surface area contributed by atoms with Gasteiger partial charge in [0, 0.05) is 4.88 Å². The number of carbonyl (C=O) groups excluding carboxylic acids is 2. The highest BCUT2D eigenvalue weighted by Gasteiger charge is 2.14. The molecule has 3 heterocycles. The predicted octanol–water partition coefficient (Wildman–Crippen LogP) is 3.10. The molecule has 0 unspecified atom stereocenters. The van der Waals surface area contributed by atoms with Gasteiger partial charge in [-0.3, -0.25) is 14.9 Å². The highest BCUT2D eigenvalue weighted by atomic mass is 32.1. The number of thiophene rings is 1. The molecule has 7 nitrogen and oxygen atoms in total. The smallest absolute Gasteiger partial charge is 0.261 e. The number of hydrogen-bond acceptors (Lipinski definition) is 7. The van der Waals surface area contributed by atoms with Gasteiger partial charge in [0.1, 0.15) is 0 Å². The first-order chi connectivity index (χ1) is 12.1. The van der Waals surface area contributed by atoms with Crippen LogP contribution in [-0.4, -0.2) is 28.6 Å². The van der Waals surface area contributed by atoms with Gasteiger partial charge >= 0.3 is 0 Å². The second-order valence-corrected chi connectivity index (χ2v) is 7.31. The molecule has 0 radical (unpaired) electrons. The second-order valence-electron chi connectivity index (χ2n) is 5.19. The highest BCUT2D eigenvalue weighted by molar-refractivity contribution is 7.18. The van der Waals surface area contributed by atoms with Crippen molar-refractivity contribution >= 4 is 39.6 Å². The van der Waals surface area contributed by atoms with Gasteiger partial charge in [0.15, 0.2) is 10.8 Å². The van der Waals surface area contributed by atoms with E-state index in [1.54, 1.807) is 18.4 Å². The fraction of sp³-hybridized carbons (Fsp3) is 0.250. The Kier molecular flexibility index (Phi) is 5.25. The molecule has 0 aliphatic heterocycles. The predicted molar refractivity (Wildman–Crippen MR) is 97.0 cm³/mol. The van der Waals surface area contributed by atoms with Gasteiger partial charge in [0.25, 0.3) is 5.91 Å². The number of furan rings is 1. The third-order valence-electron chi connectivity index (χ3n) is 3.38. The maximum absolute atomic E-state index is 12.1. The summed E-state index contributed by atoms with van der Waals surface area (Å²) < 4.78 is 5.23. The standard InChI is InChI=1S/C16H16N4O3S2/c1-3-11-9(2)7-12(24-11)14(22)17-8-13(21)18-16-20-19-15(25-16)10-5-4-6-23-10/h4-7H,3,8H2,1-2H3,(H,17,22)(H,18,20,21). The molecule has 3 aromatic heterocycles. The maximum Gasteiger partial charge on any atom is 0.261 e. The van der Waals surface area contributed by atoms with Gasteiger partial charge in [-0.2, -0.15) is 0 Å². The van der Waals surface area contributed by atoms with Crippen LogP contribution >= 0.6 is 22.7 Å². The summed E-state index contributed by atoms with van der Waals surface area (Å²) in [7, 11) is 0. The lowest BCUT2D eigenvalue weighted by atomic mass is 10.2. The van der Waals surface area contributed by atoms with Crippen molar-refractivity contribution in [1.82, 2.24) is 15.5 Å². The van der Waals surface area contributed by atoms with E-state index in [1.807, 2.05) is 19.9 Å². The third kappa shape index (κ3) is 4.12. The summed E-state index contributed by atoms with van der Waals surface area (Å²) >= 11 is 2.65. The molecular weight excluding hydrogens is 360 g/mol. The Hall–Kier alpha value is -2.52. The minimum atomic E-state index is -0.362. The van der Waals surface area contributed by atoms with E-state index >= 15 is 0 Å². The molecule has 0 aliphatic carbocycles. The normalized spacial score (nSPS) is 10.6. The summed E-state index contributed by atoms with van der Waals surface area (Å²) in [5.74, 6) is -0.0259. The van der Waals surface area contributed by atoms with Crippen LogP contribution in [0.1, 0.15) is 27.0 Å². The van der Waals surface area contributed by atoms with Gasteiger partial charge in [-0.15, -0.1) is 21.5 Å². The molecule has 2 N–H and O–H groups in total. The van der Waals surface area contributed by atoms with Crippen molar-refractivity contribution in [3.63, 3.8) is 0 Å². The number of nitrogens with one attached hydrogen (secondary N) is 2. The topological polar surface area (TPSA) is 97.1 Å². The van der Waals surface area contributed by atoms with E-state index < -0.39 is 0 Å². The van der Waals surface area contributed by atoms with Crippen LogP contribution in [0.2, 0.25) is 0 Å². The van der Waals surface area contributed by atoms with E-state index in [2.05, 4.69) is 20.8 Å². The largest absolute Gasteiger partial charge is 0.462 e. The van der Waals surface area contributed by atoms with Crippen LogP contribution in [0.4, 0.5) is 5.13 Å². The third-order valence-corrected chi connectivity index (χ3v) is 5.61. The minimum absolute atomic E-state index is 0.132. The van der Waals surface area contributed by atoms with E-state index in [0.29, 0.717) is 20.8 Å². The van der Waals surface area contributed by atoms with Crippen LogP contribution in [0.3, 0.4) is 0 Å². The Bertz CT molecular complexity index is 883. The summed E-state index contributed by atoms with van der Waals surface area (Å²) in [6, 6.07) is 5.36. The molecule has 0 bridgehead atoms. The van der Waals surface area contributed by atoms with Gasteiger partial charge in [0.2, 0.25) is 11.0 Å². The summed E-state index contributed by atoms with van der Waals surface area (Å²) in [4.78, 5) is 25.9. The Morgan fingerprint density at radius 2 is 2.12 bits per heavy atom. The molecule has 0 spiro atoms. The quantitative estimate of drug-likeness (QED) is 0.689. The Morgan fingerprint density at radius 3 is 2.80 bits per heavy atom. The average Bonchev–Trinajstić information content (AvgIpc) is 3.32. The van der Waals surface area contributed by atoms with Crippen molar-refractivity contribution in [3.05, 3.63) is 39.8 Å². The van der Waals surface area contributed by atoms with Crippen molar-refractivity contribution in [2.45, 2.75) is 20.3 Å². The first-order valence-corrected chi connectivity index (χ1v) is 9.25. The second kappa shape index (κ2) is 7.58. The first kappa shape index (κ1) is 17.3. The van der Waals surface area contributed by atoms with Crippen molar-refractivity contribution in [2.75, 3.05) is 11.9 Å². The molecule has 130 valence electrons. The molecule has 2 amide bonds. The Labute approximate surface area is 152 Å². The van der Waals surface area contributed by atoms with Crippen LogP contribution in [0.25, 0.3) is 10.8 Å². The molecule has 0 saturated carbocycles. The number of nitrogens with zero attached hydrogens (tertiary/aromatic N) is 2. The van der Waals surface area contributed by atoms with Gasteiger partial charge < -0.3 is 9.73 Å². The molecular formula is C16H16N4O3S2. The van der Waals surface area contributed by atoms with Crippen molar-refractivity contribution in [2.24, 2.45) is 0 Å². The minimum Gasteiger partial charge on any atom is -0.462 e. The molecule has 0 aromatic carbocycles. The first-order valence-electron chi connectivity index (χ1n) is 7.61. The fourth-order valence-electron chi connectivity index (χ4n) is 2.17. The van der Waals surface area contributed by atoms with E-state index in [-0.39, 0.29) is 18.4 Å². The highest BCUT2D eigenvalue weighted by Crippen LogP contribution is 2.26. The van der Waals surface area contributed by atoms with Crippen LogP contribution < -0.4 is 10.6 Å². The average molecular weight is 376 g/mol. The van der Waals surface area contributed by atoms with Gasteiger partial charge in [-0.25, -0.2) is 0 Å². The number of aromatic nitrogens is 2. The van der Waals surface area contributed by atoms with E-state index in [1.165, 1.54) is 27.6 Å². The molecule has 0 saturated heterocycles. The summed E-state index contributed by atoms with van der Waals surface area (Å²) in [5, 5.41) is 14.0. The summed E-state index contributed by atoms with van der Waals surface area (Å²) in [5.41, 5.74) is 1.10. The van der Waals surface area contributed by atoms with E-state index in [9.17, 15) is 9.59 Å². The van der Waals surface area contributed by atoms with Crippen molar-refractivity contribution < 1.29 is 14.0 Å². The van der Waals surface area contributed by atoms with E-state index in [4.69, 9.17) is 4.42 Å². The SMILES string of the molecule is CCc1sc(C(=O)NCC(=O)Nc2nnc(-c3ccco3)s2)cc1C. The Balaban J connectivity index is 1.53. The Morgan fingerprint density at radius 1 is 1.28 bits per heavy atom. The number of hydrogen-bond donors (Lipinski definition) is 2. The maximum atomic E-state index is 12.1. The van der Waals surface area contributed by atoms with Crippen LogP contribution in [-0.2, 0) is 11.2 Å². The number of amides is 2. The molecule has 3 aromatic rings. The zero-order valence-electron chi connectivity index (χ0n) is 13.7. The van der Waals surface area contributed by atoms with Crippen molar-refractivity contribution in [1.29, 1.82) is 0 Å². The number of anilines is 1. The van der Waals surface area contributed by atoms with Crippen LogP contribution in [0.15, 0.2) is 28.9 Å².